The first-order valence-corrected chi connectivity index (χ1v) is 18.1. The van der Waals surface area contributed by atoms with Gasteiger partial charge in [0.1, 0.15) is 23.7 Å². The summed E-state index contributed by atoms with van der Waals surface area (Å²) in [7, 11) is -4.33. The average molecular weight is 708 g/mol. The number of halogens is 2. The number of aliphatic carboxylic acids is 1. The van der Waals surface area contributed by atoms with E-state index in [4.69, 9.17) is 5.11 Å². The highest BCUT2D eigenvalue weighted by molar-refractivity contribution is 7.89. The molecule has 15 heteroatoms. The fourth-order valence-corrected chi connectivity index (χ4v) is 8.42. The third-order valence-electron chi connectivity index (χ3n) is 9.69. The van der Waals surface area contributed by atoms with Crippen LogP contribution in [-0.2, 0) is 26.2 Å². The lowest BCUT2D eigenvalue weighted by atomic mass is 9.77. The number of carboxylic acid groups (broad SMARTS) is 1. The molecule has 2 aromatic heterocycles. The van der Waals surface area contributed by atoms with Crippen molar-refractivity contribution >= 4 is 38.9 Å². The number of piperazine rings is 1. The quantitative estimate of drug-likeness (QED) is 0.209. The van der Waals surface area contributed by atoms with E-state index in [1.54, 1.807) is 47.4 Å². The SMILES string of the molecule is CCC(F)(F)N(Cc1ccccc1)C(=O)C1CN(c2cnc3cncnc3n2)CCN1S(=O)(=O)c1ccc(C2CCC(CC(=O)O)CC2)cc1. The smallest absolute Gasteiger partial charge is 0.327 e. The molecule has 6 rings (SSSR count). The van der Waals surface area contributed by atoms with Crippen LogP contribution in [0.15, 0.2) is 78.2 Å². The summed E-state index contributed by atoms with van der Waals surface area (Å²) in [4.78, 5) is 44.5. The minimum atomic E-state index is -4.33. The summed E-state index contributed by atoms with van der Waals surface area (Å²) >= 11 is 0. The topological polar surface area (TPSA) is 150 Å². The summed E-state index contributed by atoms with van der Waals surface area (Å²) in [5, 5.41) is 9.14. The number of alkyl halides is 2. The van der Waals surface area contributed by atoms with E-state index in [1.165, 1.54) is 37.8 Å². The number of sulfonamides is 1. The second-order valence-corrected chi connectivity index (χ2v) is 14.7. The third-order valence-corrected chi connectivity index (χ3v) is 11.6. The molecule has 12 nitrogen and oxygen atoms in total. The van der Waals surface area contributed by atoms with Gasteiger partial charge in [-0.2, -0.15) is 13.1 Å². The standard InChI is InChI=1S/C35H39F2N7O5S/c1-2-35(36,37)43(21-25-6-4-3-5-7-25)34(47)30-22-42(31-20-39-29-19-38-23-40-33(29)41-31)16-17-44(30)50(48,49)28-14-12-27(13-15-28)26-10-8-24(9-11-26)18-32(45)46/h3-7,12-15,19-20,23-24,26,30H,2,8-11,16-18,21-22H2,1H3,(H,45,46). The van der Waals surface area contributed by atoms with Gasteiger partial charge in [-0.25, -0.2) is 28.4 Å². The molecule has 1 atom stereocenters. The van der Waals surface area contributed by atoms with E-state index in [0.29, 0.717) is 27.4 Å². The van der Waals surface area contributed by atoms with Crippen molar-refractivity contribution in [3.05, 3.63) is 84.4 Å². The maximum Gasteiger partial charge on any atom is 0.327 e. The van der Waals surface area contributed by atoms with Gasteiger partial charge in [-0.15, -0.1) is 0 Å². The predicted molar refractivity (Wildman–Crippen MR) is 181 cm³/mol. The highest BCUT2D eigenvalue weighted by atomic mass is 32.2. The van der Waals surface area contributed by atoms with Gasteiger partial charge in [-0.3, -0.25) is 14.5 Å². The second-order valence-electron chi connectivity index (χ2n) is 12.9. The van der Waals surface area contributed by atoms with Gasteiger partial charge in [-0.05, 0) is 60.8 Å². The Morgan fingerprint density at radius 1 is 0.980 bits per heavy atom. The summed E-state index contributed by atoms with van der Waals surface area (Å²) in [6.07, 6.45) is 6.93. The monoisotopic (exact) mass is 707 g/mol. The van der Waals surface area contributed by atoms with E-state index in [2.05, 4.69) is 19.9 Å². The Morgan fingerprint density at radius 3 is 2.38 bits per heavy atom. The number of carbonyl (C=O) groups excluding carboxylic acids is 1. The Labute approximate surface area is 289 Å². The number of rotatable bonds is 11. The van der Waals surface area contributed by atoms with E-state index >= 15 is 8.78 Å². The molecule has 0 spiro atoms. The number of carbonyl (C=O) groups is 2. The zero-order chi connectivity index (χ0) is 35.5. The third kappa shape index (κ3) is 7.58. The molecule has 2 fully saturated rings. The van der Waals surface area contributed by atoms with E-state index in [1.807, 2.05) is 0 Å². The highest BCUT2D eigenvalue weighted by Gasteiger charge is 2.47. The van der Waals surface area contributed by atoms with Crippen molar-refractivity contribution in [3.8, 4) is 0 Å². The molecule has 4 aromatic rings. The number of nitrogens with zero attached hydrogens (tertiary/aromatic N) is 7. The average Bonchev–Trinajstić information content (AvgIpc) is 3.13. The van der Waals surface area contributed by atoms with Crippen molar-refractivity contribution in [2.75, 3.05) is 24.5 Å². The number of hydrogen-bond acceptors (Lipinski definition) is 9. The zero-order valence-corrected chi connectivity index (χ0v) is 28.4. The summed E-state index contributed by atoms with van der Waals surface area (Å²) in [6.45, 7) is 0.565. The summed E-state index contributed by atoms with van der Waals surface area (Å²) in [5.41, 5.74) is 2.17. The maximum absolute atomic E-state index is 15.6. The molecule has 1 saturated carbocycles. The van der Waals surface area contributed by atoms with Gasteiger partial charge in [-0.1, -0.05) is 49.4 Å². The van der Waals surface area contributed by atoms with Crippen LogP contribution in [0.3, 0.4) is 0 Å². The number of fused-ring (bicyclic) bond motifs is 1. The van der Waals surface area contributed by atoms with Crippen LogP contribution in [0.25, 0.3) is 11.2 Å². The first-order valence-electron chi connectivity index (χ1n) is 16.7. The van der Waals surface area contributed by atoms with Crippen molar-refractivity contribution in [1.82, 2.24) is 29.1 Å². The van der Waals surface area contributed by atoms with E-state index in [9.17, 15) is 18.0 Å². The second kappa shape index (κ2) is 14.7. The first-order chi connectivity index (χ1) is 24.0. The van der Waals surface area contributed by atoms with Crippen LogP contribution in [0.2, 0.25) is 0 Å². The number of carboxylic acids is 1. The molecule has 1 amide bonds. The van der Waals surface area contributed by atoms with Gasteiger partial charge in [0, 0.05) is 32.5 Å². The lowest BCUT2D eigenvalue weighted by Crippen LogP contribution is -2.63. The Hall–Kier alpha value is -4.63. The fraction of sp³-hybridized carbons (Fsp3) is 0.429. The molecule has 1 N–H and O–H groups in total. The molecule has 1 aliphatic carbocycles. The van der Waals surface area contributed by atoms with Crippen LogP contribution >= 0.6 is 0 Å². The maximum atomic E-state index is 15.6. The number of hydrogen-bond donors (Lipinski definition) is 1. The largest absolute Gasteiger partial charge is 0.481 e. The Balaban J connectivity index is 1.30. The molecule has 0 radical (unpaired) electrons. The minimum Gasteiger partial charge on any atom is -0.481 e. The Bertz CT molecular complexity index is 1930. The molecule has 0 bridgehead atoms. The first kappa shape index (κ1) is 35.2. The van der Waals surface area contributed by atoms with Gasteiger partial charge in [0.05, 0.1) is 23.8 Å². The van der Waals surface area contributed by atoms with Crippen molar-refractivity contribution < 1.29 is 31.9 Å². The van der Waals surface area contributed by atoms with Crippen LogP contribution in [0, 0.1) is 5.92 Å². The summed E-state index contributed by atoms with van der Waals surface area (Å²) in [6, 6.07) is 9.83. The van der Waals surface area contributed by atoms with Crippen LogP contribution in [0.4, 0.5) is 14.6 Å². The van der Waals surface area contributed by atoms with Gasteiger partial charge in [0.25, 0.3) is 0 Å². The van der Waals surface area contributed by atoms with Crippen LogP contribution in [0.5, 0.6) is 0 Å². The Morgan fingerprint density at radius 2 is 1.70 bits per heavy atom. The molecule has 1 saturated heterocycles. The summed E-state index contributed by atoms with van der Waals surface area (Å²) < 4.78 is 60.9. The zero-order valence-electron chi connectivity index (χ0n) is 27.6. The van der Waals surface area contributed by atoms with Crippen molar-refractivity contribution in [1.29, 1.82) is 0 Å². The fourth-order valence-electron chi connectivity index (χ4n) is 6.86. The van der Waals surface area contributed by atoms with Gasteiger partial charge < -0.3 is 10.0 Å². The van der Waals surface area contributed by atoms with Crippen LogP contribution in [-0.4, -0.2) is 86.3 Å². The molecule has 1 unspecified atom stereocenters. The molecule has 50 heavy (non-hydrogen) atoms. The normalized spacial score (nSPS) is 20.5. The van der Waals surface area contributed by atoms with Gasteiger partial charge in [0.15, 0.2) is 5.65 Å². The van der Waals surface area contributed by atoms with Crippen molar-refractivity contribution in [2.24, 2.45) is 5.92 Å². The lowest BCUT2D eigenvalue weighted by molar-refractivity contribution is -0.181. The Kier molecular flexibility index (Phi) is 10.3. The minimum absolute atomic E-state index is 0.0499. The highest BCUT2D eigenvalue weighted by Crippen LogP contribution is 2.38. The number of amides is 1. The molecular formula is C35H39F2N7O5S. The molecular weight excluding hydrogens is 668 g/mol. The molecule has 264 valence electrons. The number of aromatic nitrogens is 4. The van der Waals surface area contributed by atoms with Gasteiger partial charge >= 0.3 is 12.0 Å². The van der Waals surface area contributed by atoms with E-state index in [-0.39, 0.29) is 42.8 Å². The number of anilines is 1. The lowest BCUT2D eigenvalue weighted by Gasteiger charge is -2.43. The molecule has 1 aliphatic heterocycles. The molecule has 2 aliphatic rings. The molecule has 2 aromatic carbocycles. The van der Waals surface area contributed by atoms with Crippen molar-refractivity contribution in [3.63, 3.8) is 0 Å². The van der Waals surface area contributed by atoms with E-state index < -0.39 is 47.0 Å². The number of benzene rings is 2. The van der Waals surface area contributed by atoms with Crippen LogP contribution in [0.1, 0.15) is 62.5 Å². The van der Waals surface area contributed by atoms with Crippen molar-refractivity contribution in [2.45, 2.75) is 74.9 Å². The van der Waals surface area contributed by atoms with Crippen LogP contribution < -0.4 is 4.90 Å². The predicted octanol–water partition coefficient (Wildman–Crippen LogP) is 5.08. The molecule has 3 heterocycles. The summed E-state index contributed by atoms with van der Waals surface area (Å²) in [5.74, 6) is -1.20. The van der Waals surface area contributed by atoms with E-state index in [0.717, 1.165) is 35.6 Å². The van der Waals surface area contributed by atoms with Gasteiger partial charge in [0.2, 0.25) is 15.9 Å².